The summed E-state index contributed by atoms with van der Waals surface area (Å²) in [6.07, 6.45) is 2.34. The van der Waals surface area contributed by atoms with E-state index in [1.807, 2.05) is 6.92 Å². The molecule has 0 amide bonds. The van der Waals surface area contributed by atoms with Gasteiger partial charge in [0.25, 0.3) is 0 Å². The molecule has 0 atom stereocenters. The van der Waals surface area contributed by atoms with Crippen LogP contribution in [0.3, 0.4) is 0 Å². The van der Waals surface area contributed by atoms with E-state index in [-0.39, 0.29) is 11.4 Å². The summed E-state index contributed by atoms with van der Waals surface area (Å²) < 4.78 is 5.17. The van der Waals surface area contributed by atoms with Crippen LogP contribution in [0, 0.1) is 0 Å². The van der Waals surface area contributed by atoms with Gasteiger partial charge in [0, 0.05) is 24.5 Å². The van der Waals surface area contributed by atoms with Crippen LogP contribution < -0.4 is 0 Å². The van der Waals surface area contributed by atoms with Gasteiger partial charge in [0.2, 0.25) is 0 Å². The van der Waals surface area contributed by atoms with Crippen LogP contribution in [0.1, 0.15) is 44.7 Å². The number of carbonyl (C=O) groups excluding carboxylic acids is 1. The number of rotatable bonds is 4. The van der Waals surface area contributed by atoms with Crippen LogP contribution in [0.15, 0.2) is 24.3 Å². The summed E-state index contributed by atoms with van der Waals surface area (Å²) in [7, 11) is 0. The summed E-state index contributed by atoms with van der Waals surface area (Å²) in [6, 6.07) is 9.42. The van der Waals surface area contributed by atoms with Crippen molar-refractivity contribution in [3.8, 4) is 0 Å². The van der Waals surface area contributed by atoms with Gasteiger partial charge in [-0.25, -0.2) is 0 Å². The molecule has 1 spiro atoms. The fourth-order valence-corrected chi connectivity index (χ4v) is 4.38. The maximum atomic E-state index is 12.0. The van der Waals surface area contributed by atoms with Gasteiger partial charge in [-0.05, 0) is 57.8 Å². The van der Waals surface area contributed by atoms with Crippen molar-refractivity contribution in [3.05, 3.63) is 35.4 Å². The van der Waals surface area contributed by atoms with Crippen LogP contribution in [0.25, 0.3) is 0 Å². The maximum absolute atomic E-state index is 12.0. The third-order valence-electron chi connectivity index (χ3n) is 5.65. The number of benzene rings is 1. The van der Waals surface area contributed by atoms with E-state index in [9.17, 15) is 4.79 Å². The molecule has 0 aromatic heterocycles. The zero-order valence-electron chi connectivity index (χ0n) is 15.3. The van der Waals surface area contributed by atoms with Crippen molar-refractivity contribution in [1.29, 1.82) is 0 Å². The molecule has 0 radical (unpaired) electrons. The highest BCUT2D eigenvalue weighted by molar-refractivity contribution is 5.71. The molecule has 24 heavy (non-hydrogen) atoms. The molecule has 2 heterocycles. The number of ether oxygens (including phenoxy) is 1. The Bertz CT molecular complexity index is 577. The first kappa shape index (κ1) is 17.4. The Morgan fingerprint density at radius 3 is 2.62 bits per heavy atom. The van der Waals surface area contributed by atoms with E-state index < -0.39 is 0 Å². The number of fused-ring (bicyclic) bond motifs is 2. The van der Waals surface area contributed by atoms with Crippen molar-refractivity contribution in [2.75, 3.05) is 32.8 Å². The molecule has 3 rings (SSSR count). The molecule has 1 saturated heterocycles. The molecule has 2 aliphatic heterocycles. The van der Waals surface area contributed by atoms with Crippen molar-refractivity contribution in [2.24, 2.45) is 0 Å². The maximum Gasteiger partial charge on any atom is 0.320 e. The van der Waals surface area contributed by atoms with Crippen LogP contribution in [-0.2, 0) is 21.5 Å². The molecule has 2 aliphatic rings. The highest BCUT2D eigenvalue weighted by atomic mass is 16.5. The zero-order chi connectivity index (χ0) is 17.2. The molecular formula is C20H30N2O2. The lowest BCUT2D eigenvalue weighted by Gasteiger charge is -2.49. The van der Waals surface area contributed by atoms with Gasteiger partial charge >= 0.3 is 5.97 Å². The van der Waals surface area contributed by atoms with Crippen molar-refractivity contribution in [2.45, 2.75) is 51.6 Å². The molecule has 0 N–H and O–H groups in total. The van der Waals surface area contributed by atoms with Gasteiger partial charge in [-0.15, -0.1) is 0 Å². The Morgan fingerprint density at radius 2 is 1.96 bits per heavy atom. The summed E-state index contributed by atoms with van der Waals surface area (Å²) in [6.45, 7) is 11.4. The van der Waals surface area contributed by atoms with Crippen LogP contribution in [0.2, 0.25) is 0 Å². The van der Waals surface area contributed by atoms with E-state index in [2.05, 4.69) is 47.9 Å². The van der Waals surface area contributed by atoms with Crippen LogP contribution >= 0.6 is 0 Å². The summed E-state index contributed by atoms with van der Waals surface area (Å²) in [5, 5.41) is 0. The summed E-state index contributed by atoms with van der Waals surface area (Å²) in [5.41, 5.74) is 3.08. The Kier molecular flexibility index (Phi) is 5.26. The SMILES string of the molecule is CCOC(=O)CN1Cc2ccccc2C2(CCN(C(C)C)CC2)C1. The monoisotopic (exact) mass is 330 g/mol. The Morgan fingerprint density at radius 1 is 1.25 bits per heavy atom. The lowest BCUT2D eigenvalue weighted by atomic mass is 9.68. The number of hydrogen-bond donors (Lipinski definition) is 0. The molecule has 0 saturated carbocycles. The number of esters is 1. The minimum Gasteiger partial charge on any atom is -0.465 e. The molecule has 0 bridgehead atoms. The van der Waals surface area contributed by atoms with E-state index in [0.29, 0.717) is 19.2 Å². The summed E-state index contributed by atoms with van der Waals surface area (Å²) in [5.74, 6) is -0.105. The fourth-order valence-electron chi connectivity index (χ4n) is 4.38. The second kappa shape index (κ2) is 7.24. The molecule has 132 valence electrons. The standard InChI is InChI=1S/C20H30N2O2/c1-4-24-19(23)14-21-13-17-7-5-6-8-18(17)20(15-21)9-11-22(12-10-20)16(2)3/h5-8,16H,4,9-15H2,1-3H3. The molecule has 4 nitrogen and oxygen atoms in total. The van der Waals surface area contributed by atoms with Crippen molar-refractivity contribution >= 4 is 5.97 Å². The fraction of sp³-hybridized carbons (Fsp3) is 0.650. The second-order valence-corrected chi connectivity index (χ2v) is 7.52. The second-order valence-electron chi connectivity index (χ2n) is 7.52. The molecule has 0 unspecified atom stereocenters. The number of likely N-dealkylation sites (tertiary alicyclic amines) is 1. The van der Waals surface area contributed by atoms with Gasteiger partial charge in [-0.2, -0.15) is 0 Å². The zero-order valence-corrected chi connectivity index (χ0v) is 15.3. The normalized spacial score (nSPS) is 21.0. The van der Waals surface area contributed by atoms with Crippen molar-refractivity contribution in [3.63, 3.8) is 0 Å². The first-order valence-corrected chi connectivity index (χ1v) is 9.24. The van der Waals surface area contributed by atoms with E-state index in [1.165, 1.54) is 24.0 Å². The van der Waals surface area contributed by atoms with Crippen molar-refractivity contribution in [1.82, 2.24) is 9.80 Å². The number of hydrogen-bond acceptors (Lipinski definition) is 4. The minimum atomic E-state index is -0.105. The van der Waals surface area contributed by atoms with Gasteiger partial charge < -0.3 is 9.64 Å². The van der Waals surface area contributed by atoms with E-state index >= 15 is 0 Å². The Balaban J connectivity index is 1.81. The molecule has 1 aromatic rings. The first-order chi connectivity index (χ1) is 11.5. The molecule has 0 aliphatic carbocycles. The van der Waals surface area contributed by atoms with Gasteiger partial charge in [0.1, 0.15) is 0 Å². The van der Waals surface area contributed by atoms with E-state index in [0.717, 1.165) is 26.2 Å². The summed E-state index contributed by atoms with van der Waals surface area (Å²) >= 11 is 0. The highest BCUT2D eigenvalue weighted by Crippen LogP contribution is 2.41. The van der Waals surface area contributed by atoms with Crippen LogP contribution in [-0.4, -0.2) is 54.6 Å². The smallest absolute Gasteiger partial charge is 0.320 e. The van der Waals surface area contributed by atoms with Gasteiger partial charge in [-0.1, -0.05) is 24.3 Å². The Labute approximate surface area is 145 Å². The number of carbonyl (C=O) groups is 1. The van der Waals surface area contributed by atoms with Crippen LogP contribution in [0.5, 0.6) is 0 Å². The first-order valence-electron chi connectivity index (χ1n) is 9.24. The van der Waals surface area contributed by atoms with Gasteiger partial charge in [0.15, 0.2) is 0 Å². The molecule has 1 aromatic carbocycles. The number of piperidine rings is 1. The third-order valence-corrected chi connectivity index (χ3v) is 5.65. The van der Waals surface area contributed by atoms with Gasteiger partial charge in [0.05, 0.1) is 13.2 Å². The minimum absolute atomic E-state index is 0.105. The van der Waals surface area contributed by atoms with E-state index in [4.69, 9.17) is 4.74 Å². The summed E-state index contributed by atoms with van der Waals surface area (Å²) in [4.78, 5) is 16.8. The average Bonchev–Trinajstić information content (AvgIpc) is 2.55. The average molecular weight is 330 g/mol. The van der Waals surface area contributed by atoms with Gasteiger partial charge in [-0.3, -0.25) is 9.69 Å². The third kappa shape index (κ3) is 3.50. The Hall–Kier alpha value is -1.39. The largest absolute Gasteiger partial charge is 0.465 e. The van der Waals surface area contributed by atoms with E-state index in [1.54, 1.807) is 0 Å². The molecule has 1 fully saturated rings. The predicted molar refractivity (Wildman–Crippen MR) is 96.0 cm³/mol. The molecular weight excluding hydrogens is 300 g/mol. The molecule has 4 heteroatoms. The predicted octanol–water partition coefficient (Wildman–Crippen LogP) is 2.81. The topological polar surface area (TPSA) is 32.8 Å². The van der Waals surface area contributed by atoms with Crippen molar-refractivity contribution < 1.29 is 9.53 Å². The highest BCUT2D eigenvalue weighted by Gasteiger charge is 2.42. The lowest BCUT2D eigenvalue weighted by molar-refractivity contribution is -0.145. The lowest BCUT2D eigenvalue weighted by Crippen LogP contribution is -2.53. The quantitative estimate of drug-likeness (QED) is 0.795. The van der Waals surface area contributed by atoms with Crippen LogP contribution in [0.4, 0.5) is 0 Å². The number of nitrogens with zero attached hydrogens (tertiary/aromatic N) is 2.